The van der Waals surface area contributed by atoms with Crippen LogP contribution in [0.15, 0.2) is 91.1 Å². The molecule has 3 aromatic carbocycles. The third kappa shape index (κ3) is 4.19. The second kappa shape index (κ2) is 8.44. The van der Waals surface area contributed by atoms with Crippen molar-refractivity contribution in [3.05, 3.63) is 102 Å². The summed E-state index contributed by atoms with van der Waals surface area (Å²) in [5.41, 5.74) is 3.59. The molecular formula is C24H20N2O3. The van der Waals surface area contributed by atoms with E-state index in [9.17, 15) is 4.79 Å². The predicted octanol–water partition coefficient (Wildman–Crippen LogP) is 4.90. The highest BCUT2D eigenvalue weighted by Gasteiger charge is 2.20. The van der Waals surface area contributed by atoms with E-state index in [0.717, 1.165) is 22.6 Å². The van der Waals surface area contributed by atoms with Gasteiger partial charge in [0, 0.05) is 11.8 Å². The molecule has 0 saturated heterocycles. The second-order valence-electron chi connectivity index (χ2n) is 6.46. The van der Waals surface area contributed by atoms with Crippen LogP contribution in [0.25, 0.3) is 16.9 Å². The van der Waals surface area contributed by atoms with Gasteiger partial charge in [0.25, 0.3) is 0 Å². The molecule has 4 aromatic rings. The van der Waals surface area contributed by atoms with Gasteiger partial charge in [-0.3, -0.25) is 0 Å². The van der Waals surface area contributed by atoms with Gasteiger partial charge >= 0.3 is 5.97 Å². The average molecular weight is 384 g/mol. The second-order valence-corrected chi connectivity index (χ2v) is 6.46. The van der Waals surface area contributed by atoms with Crippen molar-refractivity contribution in [2.75, 3.05) is 7.11 Å². The summed E-state index contributed by atoms with van der Waals surface area (Å²) in [6.45, 7) is 0.207. The minimum Gasteiger partial charge on any atom is -0.497 e. The fourth-order valence-corrected chi connectivity index (χ4v) is 3.00. The van der Waals surface area contributed by atoms with Gasteiger partial charge in [-0.05, 0) is 42.0 Å². The Morgan fingerprint density at radius 2 is 1.55 bits per heavy atom. The Balaban J connectivity index is 1.68. The van der Waals surface area contributed by atoms with Gasteiger partial charge in [-0.2, -0.15) is 5.10 Å². The van der Waals surface area contributed by atoms with E-state index >= 15 is 0 Å². The van der Waals surface area contributed by atoms with Crippen molar-refractivity contribution >= 4 is 5.97 Å². The van der Waals surface area contributed by atoms with E-state index in [2.05, 4.69) is 5.10 Å². The van der Waals surface area contributed by atoms with Crippen molar-refractivity contribution in [1.29, 1.82) is 0 Å². The van der Waals surface area contributed by atoms with Crippen LogP contribution in [0.4, 0.5) is 0 Å². The molecule has 0 bridgehead atoms. The van der Waals surface area contributed by atoms with E-state index in [-0.39, 0.29) is 6.61 Å². The van der Waals surface area contributed by atoms with Gasteiger partial charge in [0.2, 0.25) is 0 Å². The molecule has 0 fully saturated rings. The standard InChI is InChI=1S/C24H20N2O3/c1-28-21-14-12-19(13-15-21)23-22(16-26(25-23)20-10-6-3-7-11-20)24(27)29-17-18-8-4-2-5-9-18/h2-16H,17H2,1H3. The van der Waals surface area contributed by atoms with Crippen molar-refractivity contribution in [2.45, 2.75) is 6.61 Å². The highest BCUT2D eigenvalue weighted by molar-refractivity contribution is 5.96. The summed E-state index contributed by atoms with van der Waals surface area (Å²) in [5.74, 6) is 0.325. The van der Waals surface area contributed by atoms with Crippen LogP contribution >= 0.6 is 0 Å². The van der Waals surface area contributed by atoms with Crippen LogP contribution in [-0.4, -0.2) is 22.9 Å². The summed E-state index contributed by atoms with van der Waals surface area (Å²) < 4.78 is 12.5. The topological polar surface area (TPSA) is 53.4 Å². The maximum atomic E-state index is 12.9. The van der Waals surface area contributed by atoms with Crippen molar-refractivity contribution in [3.8, 4) is 22.7 Å². The molecule has 0 spiro atoms. The Labute approximate surface area is 169 Å². The number of carbonyl (C=O) groups excluding carboxylic acids is 1. The smallest absolute Gasteiger partial charge is 0.342 e. The molecule has 5 nitrogen and oxygen atoms in total. The number of rotatable bonds is 6. The van der Waals surface area contributed by atoms with Gasteiger partial charge in [-0.1, -0.05) is 48.5 Å². The lowest BCUT2D eigenvalue weighted by atomic mass is 10.1. The Morgan fingerprint density at radius 1 is 0.897 bits per heavy atom. The van der Waals surface area contributed by atoms with Gasteiger partial charge in [0.05, 0.1) is 12.8 Å². The molecule has 0 atom stereocenters. The first-order valence-corrected chi connectivity index (χ1v) is 9.25. The first-order valence-electron chi connectivity index (χ1n) is 9.25. The molecule has 144 valence electrons. The van der Waals surface area contributed by atoms with Crippen molar-refractivity contribution in [3.63, 3.8) is 0 Å². The number of esters is 1. The van der Waals surface area contributed by atoms with Crippen LogP contribution in [0.5, 0.6) is 5.75 Å². The number of ether oxygens (including phenoxy) is 2. The highest BCUT2D eigenvalue weighted by atomic mass is 16.5. The molecular weight excluding hydrogens is 364 g/mol. The Bertz CT molecular complexity index is 1090. The van der Waals surface area contributed by atoms with Gasteiger partial charge in [-0.25, -0.2) is 9.48 Å². The molecule has 1 aromatic heterocycles. The molecule has 0 N–H and O–H groups in total. The summed E-state index contributed by atoms with van der Waals surface area (Å²) in [6.07, 6.45) is 1.71. The number of aromatic nitrogens is 2. The Morgan fingerprint density at radius 3 is 2.21 bits per heavy atom. The summed E-state index contributed by atoms with van der Waals surface area (Å²) in [6, 6.07) is 26.7. The van der Waals surface area contributed by atoms with Crippen LogP contribution in [0.3, 0.4) is 0 Å². The van der Waals surface area contributed by atoms with Crippen LogP contribution in [-0.2, 0) is 11.3 Å². The number of carbonyl (C=O) groups is 1. The Kier molecular flexibility index (Phi) is 5.38. The molecule has 0 aliphatic heterocycles. The van der Waals surface area contributed by atoms with Crippen molar-refractivity contribution in [1.82, 2.24) is 9.78 Å². The van der Waals surface area contributed by atoms with Crippen LogP contribution in [0.2, 0.25) is 0 Å². The molecule has 0 unspecified atom stereocenters. The monoisotopic (exact) mass is 384 g/mol. The van der Waals surface area contributed by atoms with Gasteiger partial charge < -0.3 is 9.47 Å². The minimum atomic E-state index is -0.415. The zero-order valence-electron chi connectivity index (χ0n) is 16.0. The summed E-state index contributed by atoms with van der Waals surface area (Å²) >= 11 is 0. The van der Waals surface area contributed by atoms with E-state index in [1.165, 1.54) is 0 Å². The summed E-state index contributed by atoms with van der Waals surface area (Å²) in [7, 11) is 1.62. The normalized spacial score (nSPS) is 10.5. The molecule has 0 radical (unpaired) electrons. The molecule has 0 aliphatic rings. The maximum Gasteiger partial charge on any atom is 0.342 e. The van der Waals surface area contributed by atoms with Gasteiger partial charge in [-0.15, -0.1) is 0 Å². The van der Waals surface area contributed by atoms with Crippen LogP contribution < -0.4 is 4.74 Å². The number of hydrogen-bond acceptors (Lipinski definition) is 4. The van der Waals surface area contributed by atoms with Crippen molar-refractivity contribution in [2.24, 2.45) is 0 Å². The molecule has 0 amide bonds. The lowest BCUT2D eigenvalue weighted by Gasteiger charge is -2.06. The first kappa shape index (κ1) is 18.5. The number of benzene rings is 3. The number of methoxy groups -OCH3 is 1. The van der Waals surface area contributed by atoms with E-state index in [4.69, 9.17) is 9.47 Å². The molecule has 0 saturated carbocycles. The SMILES string of the molecule is COc1ccc(-c2nn(-c3ccccc3)cc2C(=O)OCc2ccccc2)cc1. The third-order valence-corrected chi connectivity index (χ3v) is 4.53. The van der Waals surface area contributed by atoms with E-state index in [1.807, 2.05) is 84.9 Å². The molecule has 5 heteroatoms. The predicted molar refractivity (Wildman–Crippen MR) is 111 cm³/mol. The van der Waals surface area contributed by atoms with Crippen molar-refractivity contribution < 1.29 is 14.3 Å². The highest BCUT2D eigenvalue weighted by Crippen LogP contribution is 2.26. The van der Waals surface area contributed by atoms with Gasteiger partial charge in [0.1, 0.15) is 23.6 Å². The zero-order valence-corrected chi connectivity index (χ0v) is 16.0. The van der Waals surface area contributed by atoms with E-state index in [0.29, 0.717) is 11.3 Å². The zero-order chi connectivity index (χ0) is 20.1. The molecule has 0 aliphatic carbocycles. The summed E-state index contributed by atoms with van der Waals surface area (Å²) in [4.78, 5) is 12.9. The van der Waals surface area contributed by atoms with E-state index in [1.54, 1.807) is 18.0 Å². The largest absolute Gasteiger partial charge is 0.497 e. The fraction of sp³-hybridized carbons (Fsp3) is 0.0833. The third-order valence-electron chi connectivity index (χ3n) is 4.53. The first-order chi connectivity index (χ1) is 14.2. The molecule has 29 heavy (non-hydrogen) atoms. The van der Waals surface area contributed by atoms with Crippen LogP contribution in [0.1, 0.15) is 15.9 Å². The van der Waals surface area contributed by atoms with Crippen LogP contribution in [0, 0.1) is 0 Å². The lowest BCUT2D eigenvalue weighted by Crippen LogP contribution is -2.05. The Hall–Kier alpha value is -3.86. The fourth-order valence-electron chi connectivity index (χ4n) is 3.00. The lowest BCUT2D eigenvalue weighted by molar-refractivity contribution is 0.0473. The quantitative estimate of drug-likeness (QED) is 0.444. The average Bonchev–Trinajstić information content (AvgIpc) is 3.24. The molecule has 4 rings (SSSR count). The number of hydrogen-bond donors (Lipinski definition) is 0. The summed E-state index contributed by atoms with van der Waals surface area (Å²) in [5, 5.41) is 4.66. The molecule has 1 heterocycles. The minimum absolute atomic E-state index is 0.207. The van der Waals surface area contributed by atoms with Gasteiger partial charge in [0.15, 0.2) is 0 Å². The van der Waals surface area contributed by atoms with E-state index < -0.39 is 5.97 Å². The number of nitrogens with zero attached hydrogens (tertiary/aromatic N) is 2. The maximum absolute atomic E-state index is 12.9. The number of para-hydroxylation sites is 1.